The fourth-order valence-electron chi connectivity index (χ4n) is 2.93. The summed E-state index contributed by atoms with van der Waals surface area (Å²) in [5.41, 5.74) is 2.43. The third kappa shape index (κ3) is 4.07. The number of aliphatic hydroxyl groups is 1. The molecule has 3 rings (SSSR count). The van der Waals surface area contributed by atoms with E-state index >= 15 is 0 Å². The van der Waals surface area contributed by atoms with Crippen LogP contribution in [0.15, 0.2) is 42.5 Å². The molecule has 0 saturated carbocycles. The van der Waals surface area contributed by atoms with Crippen molar-refractivity contribution >= 4 is 16.7 Å². The molecule has 0 radical (unpaired) electrons. The summed E-state index contributed by atoms with van der Waals surface area (Å²) in [7, 11) is 0. The lowest BCUT2D eigenvalue weighted by atomic mass is 10.00. The summed E-state index contributed by atoms with van der Waals surface area (Å²) in [6, 6.07) is 12.5. The molecule has 0 amide bonds. The molecule has 0 saturated heterocycles. The van der Waals surface area contributed by atoms with Gasteiger partial charge in [0.1, 0.15) is 5.82 Å². The Labute approximate surface area is 158 Å². The van der Waals surface area contributed by atoms with Crippen LogP contribution >= 0.6 is 0 Å². The zero-order valence-corrected chi connectivity index (χ0v) is 15.8. The van der Waals surface area contributed by atoms with Crippen molar-refractivity contribution in [1.82, 2.24) is 9.97 Å². The van der Waals surface area contributed by atoms with E-state index < -0.39 is 0 Å². The summed E-state index contributed by atoms with van der Waals surface area (Å²) in [6.07, 6.45) is 0. The number of rotatable bonds is 7. The molecule has 6 heteroatoms. The number of anilines is 1. The molecule has 27 heavy (non-hydrogen) atoms. The fraction of sp³-hybridized carbons (Fsp3) is 0.333. The van der Waals surface area contributed by atoms with Crippen LogP contribution in [-0.4, -0.2) is 34.8 Å². The second kappa shape index (κ2) is 8.41. The zero-order valence-electron chi connectivity index (χ0n) is 15.8. The Bertz CT molecular complexity index is 930. The van der Waals surface area contributed by atoms with Gasteiger partial charge in [0.15, 0.2) is 0 Å². The minimum absolute atomic E-state index is 0.0875. The summed E-state index contributed by atoms with van der Waals surface area (Å²) >= 11 is 0. The molecule has 0 bridgehead atoms. The first kappa shape index (κ1) is 19.2. The summed E-state index contributed by atoms with van der Waals surface area (Å²) < 4.78 is 14.2. The molecule has 1 aromatic heterocycles. The average Bonchev–Trinajstić information content (AvgIpc) is 2.69. The van der Waals surface area contributed by atoms with Crippen molar-refractivity contribution in [2.24, 2.45) is 0 Å². The van der Waals surface area contributed by atoms with Gasteiger partial charge in [-0.15, -0.1) is 0 Å². The van der Waals surface area contributed by atoms with Gasteiger partial charge in [-0.1, -0.05) is 38.1 Å². The van der Waals surface area contributed by atoms with Gasteiger partial charge in [-0.05, 0) is 36.4 Å². The molecular formula is C21H24FN3O2. The van der Waals surface area contributed by atoms with Crippen molar-refractivity contribution in [3.63, 3.8) is 0 Å². The van der Waals surface area contributed by atoms with Crippen molar-refractivity contribution in [1.29, 1.82) is 0 Å². The predicted molar refractivity (Wildman–Crippen MR) is 105 cm³/mol. The molecule has 5 nitrogen and oxygen atoms in total. The number of hydrogen-bond acceptors (Lipinski definition) is 5. The number of nitrogens with zero attached hydrogens (tertiary/aromatic N) is 3. The van der Waals surface area contributed by atoms with Crippen LogP contribution < -0.4 is 5.06 Å². The SMILES string of the molecule is CCN(OCCO)c1nc(-c2ccc(F)c3ccccc23)cc(C(C)C)n1. The maximum atomic E-state index is 14.2. The van der Waals surface area contributed by atoms with Gasteiger partial charge in [0.2, 0.25) is 0 Å². The minimum Gasteiger partial charge on any atom is -0.394 e. The van der Waals surface area contributed by atoms with Gasteiger partial charge in [0, 0.05) is 23.2 Å². The van der Waals surface area contributed by atoms with Crippen molar-refractivity contribution in [2.45, 2.75) is 26.7 Å². The third-order valence-corrected chi connectivity index (χ3v) is 4.32. The first-order valence-electron chi connectivity index (χ1n) is 9.13. The van der Waals surface area contributed by atoms with E-state index in [0.29, 0.717) is 23.6 Å². The number of aromatic nitrogens is 2. The lowest BCUT2D eigenvalue weighted by Gasteiger charge is -2.21. The lowest BCUT2D eigenvalue weighted by Crippen LogP contribution is -2.27. The van der Waals surface area contributed by atoms with Crippen LogP contribution in [0, 0.1) is 5.82 Å². The average molecular weight is 369 g/mol. The number of hydroxylamine groups is 1. The summed E-state index contributed by atoms with van der Waals surface area (Å²) in [5, 5.41) is 12.0. The van der Waals surface area contributed by atoms with Crippen molar-refractivity contribution in [2.75, 3.05) is 24.8 Å². The molecule has 0 aliphatic carbocycles. The molecule has 142 valence electrons. The molecule has 0 aliphatic rings. The Morgan fingerprint density at radius 3 is 2.52 bits per heavy atom. The van der Waals surface area contributed by atoms with Gasteiger partial charge in [0.25, 0.3) is 5.95 Å². The quantitative estimate of drug-likeness (QED) is 0.629. The summed E-state index contributed by atoms with van der Waals surface area (Å²) in [6.45, 7) is 6.65. The monoisotopic (exact) mass is 369 g/mol. The van der Waals surface area contributed by atoms with Crippen molar-refractivity contribution in [3.05, 3.63) is 54.0 Å². The van der Waals surface area contributed by atoms with E-state index in [-0.39, 0.29) is 24.9 Å². The first-order valence-corrected chi connectivity index (χ1v) is 9.13. The number of aliphatic hydroxyl groups excluding tert-OH is 1. The molecule has 0 spiro atoms. The lowest BCUT2D eigenvalue weighted by molar-refractivity contribution is 0.0718. The van der Waals surface area contributed by atoms with Gasteiger partial charge in [-0.2, -0.15) is 0 Å². The Morgan fingerprint density at radius 2 is 1.85 bits per heavy atom. The highest BCUT2D eigenvalue weighted by Gasteiger charge is 2.16. The Hall–Kier alpha value is -2.57. The summed E-state index contributed by atoms with van der Waals surface area (Å²) in [4.78, 5) is 14.8. The normalized spacial score (nSPS) is 11.3. The molecule has 0 aliphatic heterocycles. The van der Waals surface area contributed by atoms with Gasteiger partial charge >= 0.3 is 0 Å². The molecule has 0 atom stereocenters. The second-order valence-corrected chi connectivity index (χ2v) is 6.52. The van der Waals surface area contributed by atoms with E-state index in [1.54, 1.807) is 17.2 Å². The number of hydrogen-bond donors (Lipinski definition) is 1. The molecular weight excluding hydrogens is 345 g/mol. The molecule has 0 fully saturated rings. The molecule has 0 unspecified atom stereocenters. The number of fused-ring (bicyclic) bond motifs is 1. The maximum Gasteiger partial charge on any atom is 0.250 e. The third-order valence-electron chi connectivity index (χ3n) is 4.32. The van der Waals surface area contributed by atoms with Crippen LogP contribution in [0.2, 0.25) is 0 Å². The number of halogens is 1. The van der Waals surface area contributed by atoms with Crippen LogP contribution in [0.5, 0.6) is 0 Å². The Balaban J connectivity index is 2.17. The first-order chi connectivity index (χ1) is 13.0. The van der Waals surface area contributed by atoms with Crippen LogP contribution in [0.25, 0.3) is 22.0 Å². The summed E-state index contributed by atoms with van der Waals surface area (Å²) in [5.74, 6) is 0.364. The second-order valence-electron chi connectivity index (χ2n) is 6.52. The maximum absolute atomic E-state index is 14.2. The largest absolute Gasteiger partial charge is 0.394 e. The highest BCUT2D eigenvalue weighted by molar-refractivity contribution is 5.96. The van der Waals surface area contributed by atoms with E-state index in [1.165, 1.54) is 6.07 Å². The highest BCUT2D eigenvalue weighted by atomic mass is 19.1. The van der Waals surface area contributed by atoms with E-state index in [2.05, 4.69) is 23.8 Å². The molecule has 1 heterocycles. The molecule has 2 aromatic carbocycles. The molecule has 3 aromatic rings. The van der Waals surface area contributed by atoms with Gasteiger partial charge in [0.05, 0.1) is 18.9 Å². The van der Waals surface area contributed by atoms with Gasteiger partial charge in [-0.3, -0.25) is 4.84 Å². The Kier molecular flexibility index (Phi) is 5.98. The molecule has 1 N–H and O–H groups in total. The standard InChI is InChI=1S/C21H24FN3O2/c1-4-25(27-12-11-26)21-23-19(14(2)3)13-20(24-21)17-9-10-18(22)16-8-6-5-7-15(16)17/h5-10,13-14,26H,4,11-12H2,1-3H3. The minimum atomic E-state index is -0.255. The van der Waals surface area contributed by atoms with Crippen molar-refractivity contribution < 1.29 is 14.3 Å². The van der Waals surface area contributed by atoms with Gasteiger partial charge in [-0.25, -0.2) is 19.4 Å². The van der Waals surface area contributed by atoms with Gasteiger partial charge < -0.3 is 5.11 Å². The number of benzene rings is 2. The van der Waals surface area contributed by atoms with Crippen molar-refractivity contribution in [3.8, 4) is 11.3 Å². The topological polar surface area (TPSA) is 58.5 Å². The van der Waals surface area contributed by atoms with Crippen LogP contribution in [0.1, 0.15) is 32.4 Å². The fourth-order valence-corrected chi connectivity index (χ4v) is 2.93. The van der Waals surface area contributed by atoms with E-state index in [9.17, 15) is 4.39 Å². The van der Waals surface area contributed by atoms with Crippen LogP contribution in [0.3, 0.4) is 0 Å². The van der Waals surface area contributed by atoms with Crippen LogP contribution in [-0.2, 0) is 4.84 Å². The highest BCUT2D eigenvalue weighted by Crippen LogP contribution is 2.31. The van der Waals surface area contributed by atoms with Crippen LogP contribution in [0.4, 0.5) is 10.3 Å². The Morgan fingerprint density at radius 1 is 1.11 bits per heavy atom. The van der Waals surface area contributed by atoms with E-state index in [4.69, 9.17) is 9.94 Å². The zero-order chi connectivity index (χ0) is 19.4. The predicted octanol–water partition coefficient (Wildman–Crippen LogP) is 4.31. The van der Waals surface area contributed by atoms with E-state index in [0.717, 1.165) is 16.6 Å². The van der Waals surface area contributed by atoms with E-state index in [1.807, 2.05) is 31.2 Å². The smallest absolute Gasteiger partial charge is 0.250 e.